The number of pyridine rings is 1. The molecule has 0 saturated carbocycles. The summed E-state index contributed by atoms with van der Waals surface area (Å²) in [6, 6.07) is 7.93. The summed E-state index contributed by atoms with van der Waals surface area (Å²) in [6.45, 7) is 2.52. The molecule has 3 heteroatoms. The van der Waals surface area contributed by atoms with Gasteiger partial charge in [0.1, 0.15) is 5.60 Å². The SMILES string of the molecule is CC1OCCC1(O)c1cccc2ccncc12. The highest BCUT2D eigenvalue weighted by molar-refractivity contribution is 5.85. The van der Waals surface area contributed by atoms with Crippen LogP contribution in [0.15, 0.2) is 36.7 Å². The quantitative estimate of drug-likeness (QED) is 0.815. The fraction of sp³-hybridized carbons (Fsp3) is 0.357. The van der Waals surface area contributed by atoms with Gasteiger partial charge in [0.25, 0.3) is 0 Å². The second-order valence-corrected chi connectivity index (χ2v) is 4.59. The highest BCUT2D eigenvalue weighted by atomic mass is 16.5. The van der Waals surface area contributed by atoms with Gasteiger partial charge in [-0.15, -0.1) is 0 Å². The molecular formula is C14H15NO2. The van der Waals surface area contributed by atoms with Crippen LogP contribution in [-0.2, 0) is 10.3 Å². The third kappa shape index (κ3) is 1.54. The monoisotopic (exact) mass is 229 g/mol. The fourth-order valence-electron chi connectivity index (χ4n) is 2.58. The van der Waals surface area contributed by atoms with Gasteiger partial charge in [0.15, 0.2) is 0 Å². The van der Waals surface area contributed by atoms with E-state index in [0.29, 0.717) is 13.0 Å². The molecule has 1 aromatic carbocycles. The summed E-state index contributed by atoms with van der Waals surface area (Å²) in [5.41, 5.74) is 0.0378. The number of ether oxygens (including phenoxy) is 1. The predicted octanol–water partition coefficient (Wildman–Crippen LogP) is 2.23. The Morgan fingerprint density at radius 3 is 3.06 bits per heavy atom. The number of nitrogens with zero attached hydrogens (tertiary/aromatic N) is 1. The first-order chi connectivity index (χ1) is 8.22. The van der Waals surface area contributed by atoms with E-state index < -0.39 is 5.60 Å². The minimum absolute atomic E-state index is 0.173. The molecule has 1 aliphatic heterocycles. The molecule has 2 heterocycles. The third-order valence-corrected chi connectivity index (χ3v) is 3.67. The number of fused-ring (bicyclic) bond motifs is 1. The van der Waals surface area contributed by atoms with E-state index in [-0.39, 0.29) is 6.10 Å². The van der Waals surface area contributed by atoms with E-state index in [9.17, 15) is 5.11 Å². The van der Waals surface area contributed by atoms with Crippen LogP contribution < -0.4 is 0 Å². The minimum atomic E-state index is -0.886. The van der Waals surface area contributed by atoms with Crippen molar-refractivity contribution >= 4 is 10.8 Å². The lowest BCUT2D eigenvalue weighted by molar-refractivity contribution is -0.0306. The summed E-state index contributed by atoms with van der Waals surface area (Å²) in [7, 11) is 0. The molecule has 1 saturated heterocycles. The van der Waals surface area contributed by atoms with Gasteiger partial charge in [-0.25, -0.2) is 0 Å². The van der Waals surface area contributed by atoms with Crippen molar-refractivity contribution < 1.29 is 9.84 Å². The van der Waals surface area contributed by atoms with Crippen LogP contribution in [0.25, 0.3) is 10.8 Å². The van der Waals surface area contributed by atoms with Crippen LogP contribution in [0.5, 0.6) is 0 Å². The summed E-state index contributed by atoms with van der Waals surface area (Å²) in [6.07, 6.45) is 4.05. The van der Waals surface area contributed by atoms with E-state index in [4.69, 9.17) is 4.74 Å². The molecule has 1 aromatic heterocycles. The second-order valence-electron chi connectivity index (χ2n) is 4.59. The van der Waals surface area contributed by atoms with E-state index in [1.54, 1.807) is 6.20 Å². The zero-order chi connectivity index (χ0) is 11.9. The average Bonchev–Trinajstić information content (AvgIpc) is 2.70. The number of aromatic nitrogens is 1. The van der Waals surface area contributed by atoms with Crippen molar-refractivity contribution in [3.63, 3.8) is 0 Å². The lowest BCUT2D eigenvalue weighted by atomic mass is 9.85. The zero-order valence-electron chi connectivity index (χ0n) is 9.76. The van der Waals surface area contributed by atoms with Crippen LogP contribution in [0, 0.1) is 0 Å². The number of hydrogen-bond donors (Lipinski definition) is 1. The third-order valence-electron chi connectivity index (χ3n) is 3.67. The van der Waals surface area contributed by atoms with Gasteiger partial charge >= 0.3 is 0 Å². The summed E-state index contributed by atoms with van der Waals surface area (Å²) in [5, 5.41) is 12.9. The molecule has 0 radical (unpaired) electrons. The molecule has 17 heavy (non-hydrogen) atoms. The Bertz CT molecular complexity index is 549. The van der Waals surface area contributed by atoms with Crippen LogP contribution in [0.3, 0.4) is 0 Å². The number of aliphatic hydroxyl groups is 1. The zero-order valence-corrected chi connectivity index (χ0v) is 9.76. The lowest BCUT2D eigenvalue weighted by Crippen LogP contribution is -2.33. The Morgan fingerprint density at radius 2 is 2.29 bits per heavy atom. The van der Waals surface area contributed by atoms with E-state index in [1.165, 1.54) is 0 Å². The van der Waals surface area contributed by atoms with Crippen molar-refractivity contribution in [2.24, 2.45) is 0 Å². The maximum absolute atomic E-state index is 10.8. The summed E-state index contributed by atoms with van der Waals surface area (Å²) in [4.78, 5) is 4.15. The van der Waals surface area contributed by atoms with Gasteiger partial charge in [-0.3, -0.25) is 4.98 Å². The number of benzene rings is 1. The first-order valence-electron chi connectivity index (χ1n) is 5.89. The Kier molecular flexibility index (Phi) is 2.38. The highest BCUT2D eigenvalue weighted by Gasteiger charge is 2.41. The van der Waals surface area contributed by atoms with E-state index in [2.05, 4.69) is 4.98 Å². The molecule has 0 spiro atoms. The molecule has 0 bridgehead atoms. The van der Waals surface area contributed by atoms with Gasteiger partial charge in [-0.2, -0.15) is 0 Å². The maximum Gasteiger partial charge on any atom is 0.118 e. The van der Waals surface area contributed by atoms with Crippen LogP contribution >= 0.6 is 0 Å². The van der Waals surface area contributed by atoms with Crippen LogP contribution in [0.4, 0.5) is 0 Å². The van der Waals surface area contributed by atoms with Gasteiger partial charge in [-0.1, -0.05) is 18.2 Å². The molecule has 3 rings (SSSR count). The second kappa shape index (κ2) is 3.79. The van der Waals surface area contributed by atoms with Crippen molar-refractivity contribution in [1.82, 2.24) is 4.98 Å². The summed E-state index contributed by atoms with van der Waals surface area (Å²) < 4.78 is 5.50. The van der Waals surface area contributed by atoms with Crippen molar-refractivity contribution in [1.29, 1.82) is 0 Å². The van der Waals surface area contributed by atoms with E-state index in [0.717, 1.165) is 16.3 Å². The standard InChI is InChI=1S/C14H15NO2/c1-10-14(16,6-8-17-10)13-4-2-3-11-5-7-15-9-12(11)13/h2-5,7,9-10,16H,6,8H2,1H3. The molecule has 0 aliphatic carbocycles. The molecule has 1 aliphatic rings. The normalized spacial score (nSPS) is 28.7. The number of hydrogen-bond acceptors (Lipinski definition) is 3. The fourth-order valence-corrected chi connectivity index (χ4v) is 2.58. The Hall–Kier alpha value is -1.45. The molecule has 2 aromatic rings. The van der Waals surface area contributed by atoms with Gasteiger partial charge < -0.3 is 9.84 Å². The minimum Gasteiger partial charge on any atom is -0.382 e. The van der Waals surface area contributed by atoms with Crippen molar-refractivity contribution in [3.8, 4) is 0 Å². The molecule has 0 amide bonds. The maximum atomic E-state index is 10.8. The first-order valence-corrected chi connectivity index (χ1v) is 5.89. The summed E-state index contributed by atoms with van der Waals surface area (Å²) >= 11 is 0. The lowest BCUT2D eigenvalue weighted by Gasteiger charge is -2.27. The first kappa shape index (κ1) is 10.7. The van der Waals surface area contributed by atoms with Crippen LogP contribution in [-0.4, -0.2) is 22.8 Å². The summed E-state index contributed by atoms with van der Waals surface area (Å²) in [5.74, 6) is 0. The molecule has 2 atom stereocenters. The van der Waals surface area contributed by atoms with Gasteiger partial charge in [0, 0.05) is 24.2 Å². The number of rotatable bonds is 1. The molecular weight excluding hydrogens is 214 g/mol. The van der Waals surface area contributed by atoms with Crippen molar-refractivity contribution in [2.45, 2.75) is 25.0 Å². The van der Waals surface area contributed by atoms with Crippen LogP contribution in [0.1, 0.15) is 18.9 Å². The Balaban J connectivity index is 2.24. The molecule has 1 N–H and O–H groups in total. The van der Waals surface area contributed by atoms with Crippen molar-refractivity contribution in [3.05, 3.63) is 42.2 Å². The molecule has 3 nitrogen and oxygen atoms in total. The largest absolute Gasteiger partial charge is 0.382 e. The van der Waals surface area contributed by atoms with Gasteiger partial charge in [-0.05, 0) is 23.9 Å². The van der Waals surface area contributed by atoms with E-state index in [1.807, 2.05) is 37.4 Å². The smallest absolute Gasteiger partial charge is 0.118 e. The van der Waals surface area contributed by atoms with Gasteiger partial charge in [0.2, 0.25) is 0 Å². The topological polar surface area (TPSA) is 42.4 Å². The Labute approximate surface area is 100 Å². The highest BCUT2D eigenvalue weighted by Crippen LogP contribution is 2.38. The predicted molar refractivity (Wildman–Crippen MR) is 65.7 cm³/mol. The average molecular weight is 229 g/mol. The van der Waals surface area contributed by atoms with Crippen molar-refractivity contribution in [2.75, 3.05) is 6.61 Å². The van der Waals surface area contributed by atoms with E-state index >= 15 is 0 Å². The molecule has 2 unspecified atom stereocenters. The Morgan fingerprint density at radius 1 is 1.41 bits per heavy atom. The van der Waals surface area contributed by atoms with Gasteiger partial charge in [0.05, 0.1) is 12.7 Å². The molecule has 88 valence electrons. The molecule has 1 fully saturated rings. The van der Waals surface area contributed by atoms with Crippen LogP contribution in [0.2, 0.25) is 0 Å².